The van der Waals surface area contributed by atoms with Crippen molar-refractivity contribution in [3.8, 4) is 5.75 Å². The van der Waals surface area contributed by atoms with Gasteiger partial charge in [0.15, 0.2) is 0 Å². The third-order valence-electron chi connectivity index (χ3n) is 3.12. The molecule has 2 nitrogen and oxygen atoms in total. The Morgan fingerprint density at radius 3 is 2.57 bits per heavy atom. The number of benzene rings is 2. The number of ether oxygens (including phenoxy) is 1. The molecule has 5 heteroatoms. The summed E-state index contributed by atoms with van der Waals surface area (Å²) < 4.78 is 29.7. The standard InChI is InChI=1S/C16H13F2NOS/c17-16(18)20-13-7-5-12(6-8-13)19-9-11-10-21-15-4-2-1-3-14(11)15/h1-8,10,16,19H,9H2. The van der Waals surface area contributed by atoms with Gasteiger partial charge in [0.2, 0.25) is 0 Å². The van der Waals surface area contributed by atoms with E-state index in [-0.39, 0.29) is 5.75 Å². The van der Waals surface area contributed by atoms with E-state index >= 15 is 0 Å². The summed E-state index contributed by atoms with van der Waals surface area (Å²) in [5.74, 6) is 0.163. The van der Waals surface area contributed by atoms with Crippen molar-refractivity contribution >= 4 is 27.1 Å². The molecule has 2 aromatic carbocycles. The summed E-state index contributed by atoms with van der Waals surface area (Å²) >= 11 is 1.72. The maximum absolute atomic E-state index is 12.1. The first-order valence-corrected chi connectivity index (χ1v) is 7.34. The van der Waals surface area contributed by atoms with Gasteiger partial charge in [-0.3, -0.25) is 0 Å². The van der Waals surface area contributed by atoms with Crippen LogP contribution in [0.2, 0.25) is 0 Å². The molecule has 0 saturated carbocycles. The molecule has 108 valence electrons. The lowest BCUT2D eigenvalue weighted by atomic mass is 10.2. The molecule has 1 N–H and O–H groups in total. The van der Waals surface area contributed by atoms with E-state index in [1.807, 2.05) is 12.1 Å². The Hall–Kier alpha value is -2.14. The Balaban J connectivity index is 1.67. The van der Waals surface area contributed by atoms with Crippen molar-refractivity contribution < 1.29 is 13.5 Å². The zero-order valence-electron chi connectivity index (χ0n) is 11.1. The van der Waals surface area contributed by atoms with Gasteiger partial charge >= 0.3 is 6.61 Å². The zero-order chi connectivity index (χ0) is 14.7. The number of fused-ring (bicyclic) bond motifs is 1. The molecule has 0 radical (unpaired) electrons. The topological polar surface area (TPSA) is 21.3 Å². The number of nitrogens with one attached hydrogen (secondary N) is 1. The van der Waals surface area contributed by atoms with Gasteiger partial charge in [0, 0.05) is 16.9 Å². The van der Waals surface area contributed by atoms with Crippen LogP contribution in [0.1, 0.15) is 5.56 Å². The Bertz CT molecular complexity index is 724. The summed E-state index contributed by atoms with van der Waals surface area (Å²) in [4.78, 5) is 0. The Labute approximate surface area is 125 Å². The zero-order valence-corrected chi connectivity index (χ0v) is 11.9. The molecule has 0 bridgehead atoms. The van der Waals surface area contributed by atoms with E-state index in [9.17, 15) is 8.78 Å². The molecule has 0 saturated heterocycles. The molecule has 0 amide bonds. The predicted molar refractivity (Wildman–Crippen MR) is 82.2 cm³/mol. The Kier molecular flexibility index (Phi) is 4.01. The third kappa shape index (κ3) is 3.31. The fourth-order valence-corrected chi connectivity index (χ4v) is 3.08. The molecule has 0 aliphatic rings. The fraction of sp³-hybridized carbons (Fsp3) is 0.125. The highest BCUT2D eigenvalue weighted by Crippen LogP contribution is 2.26. The summed E-state index contributed by atoms with van der Waals surface area (Å²) in [6, 6.07) is 14.8. The second-order valence-electron chi connectivity index (χ2n) is 4.51. The van der Waals surface area contributed by atoms with E-state index in [1.54, 1.807) is 23.5 Å². The first kappa shape index (κ1) is 13.8. The van der Waals surface area contributed by atoms with Crippen LogP contribution in [0, 0.1) is 0 Å². The van der Waals surface area contributed by atoms with Gasteiger partial charge in [-0.25, -0.2) is 0 Å². The number of hydrogen-bond donors (Lipinski definition) is 1. The van der Waals surface area contributed by atoms with Crippen molar-refractivity contribution in [3.05, 3.63) is 59.5 Å². The van der Waals surface area contributed by atoms with Crippen LogP contribution in [-0.2, 0) is 6.54 Å². The first-order chi connectivity index (χ1) is 10.2. The molecule has 0 aliphatic heterocycles. The molecular weight excluding hydrogens is 292 g/mol. The second-order valence-corrected chi connectivity index (χ2v) is 5.42. The predicted octanol–water partition coefficient (Wildman–Crippen LogP) is 5.11. The average molecular weight is 305 g/mol. The second kappa shape index (κ2) is 6.10. The van der Waals surface area contributed by atoms with E-state index in [2.05, 4.69) is 27.6 Å². The largest absolute Gasteiger partial charge is 0.435 e. The molecule has 21 heavy (non-hydrogen) atoms. The van der Waals surface area contributed by atoms with Crippen molar-refractivity contribution in [2.75, 3.05) is 5.32 Å². The molecule has 0 aliphatic carbocycles. The average Bonchev–Trinajstić information content (AvgIpc) is 2.89. The summed E-state index contributed by atoms with van der Waals surface area (Å²) in [6.45, 7) is -2.10. The normalized spacial score (nSPS) is 11.0. The van der Waals surface area contributed by atoms with Gasteiger partial charge in [0.25, 0.3) is 0 Å². The molecule has 3 rings (SSSR count). The lowest BCUT2D eigenvalue weighted by Gasteiger charge is -2.08. The lowest BCUT2D eigenvalue weighted by Crippen LogP contribution is -2.02. The van der Waals surface area contributed by atoms with E-state index in [0.29, 0.717) is 6.54 Å². The van der Waals surface area contributed by atoms with Crippen LogP contribution in [0.15, 0.2) is 53.9 Å². The molecule has 0 fully saturated rings. The van der Waals surface area contributed by atoms with Crippen molar-refractivity contribution in [3.63, 3.8) is 0 Å². The molecule has 1 aromatic heterocycles. The van der Waals surface area contributed by atoms with E-state index in [1.165, 1.54) is 27.8 Å². The van der Waals surface area contributed by atoms with Gasteiger partial charge in [0.1, 0.15) is 5.75 Å². The molecule has 0 spiro atoms. The molecular formula is C16H13F2NOS. The number of alkyl halides is 2. The van der Waals surface area contributed by atoms with Gasteiger partial charge in [-0.15, -0.1) is 11.3 Å². The molecule has 1 heterocycles. The number of hydrogen-bond acceptors (Lipinski definition) is 3. The lowest BCUT2D eigenvalue weighted by molar-refractivity contribution is -0.0498. The van der Waals surface area contributed by atoms with Crippen molar-refractivity contribution in [2.24, 2.45) is 0 Å². The number of anilines is 1. The van der Waals surface area contributed by atoms with Gasteiger partial charge < -0.3 is 10.1 Å². The Morgan fingerprint density at radius 2 is 1.81 bits per heavy atom. The monoisotopic (exact) mass is 305 g/mol. The maximum atomic E-state index is 12.1. The van der Waals surface area contributed by atoms with Crippen LogP contribution in [-0.4, -0.2) is 6.61 Å². The van der Waals surface area contributed by atoms with Crippen molar-refractivity contribution in [2.45, 2.75) is 13.2 Å². The summed E-state index contributed by atoms with van der Waals surface area (Å²) in [7, 11) is 0. The first-order valence-electron chi connectivity index (χ1n) is 6.46. The fourth-order valence-electron chi connectivity index (χ4n) is 2.12. The number of halogens is 2. The van der Waals surface area contributed by atoms with Gasteiger partial charge in [-0.1, -0.05) is 18.2 Å². The van der Waals surface area contributed by atoms with E-state index in [0.717, 1.165) is 5.69 Å². The van der Waals surface area contributed by atoms with E-state index < -0.39 is 6.61 Å². The summed E-state index contributed by atoms with van der Waals surface area (Å²) in [6.07, 6.45) is 0. The van der Waals surface area contributed by atoms with Crippen LogP contribution in [0.5, 0.6) is 5.75 Å². The minimum Gasteiger partial charge on any atom is -0.435 e. The van der Waals surface area contributed by atoms with Gasteiger partial charge in [-0.2, -0.15) is 8.78 Å². The molecule has 0 unspecified atom stereocenters. The Morgan fingerprint density at radius 1 is 1.05 bits per heavy atom. The van der Waals surface area contributed by atoms with Crippen LogP contribution in [0.25, 0.3) is 10.1 Å². The molecule has 3 aromatic rings. The van der Waals surface area contributed by atoms with Crippen LogP contribution in [0.4, 0.5) is 14.5 Å². The maximum Gasteiger partial charge on any atom is 0.387 e. The van der Waals surface area contributed by atoms with Crippen LogP contribution in [0.3, 0.4) is 0 Å². The van der Waals surface area contributed by atoms with Gasteiger partial charge in [-0.05, 0) is 46.7 Å². The summed E-state index contributed by atoms with van der Waals surface area (Å²) in [5.41, 5.74) is 2.09. The van der Waals surface area contributed by atoms with Crippen LogP contribution < -0.4 is 10.1 Å². The van der Waals surface area contributed by atoms with Gasteiger partial charge in [0.05, 0.1) is 0 Å². The highest BCUT2D eigenvalue weighted by molar-refractivity contribution is 7.17. The molecule has 0 atom stereocenters. The van der Waals surface area contributed by atoms with E-state index in [4.69, 9.17) is 0 Å². The third-order valence-corrected chi connectivity index (χ3v) is 4.14. The summed E-state index contributed by atoms with van der Waals surface area (Å²) in [5, 5.41) is 6.66. The minimum absolute atomic E-state index is 0.163. The highest BCUT2D eigenvalue weighted by atomic mass is 32.1. The number of rotatable bonds is 5. The highest BCUT2D eigenvalue weighted by Gasteiger charge is 2.05. The quantitative estimate of drug-likeness (QED) is 0.707. The van der Waals surface area contributed by atoms with Crippen molar-refractivity contribution in [1.82, 2.24) is 0 Å². The minimum atomic E-state index is -2.79. The smallest absolute Gasteiger partial charge is 0.387 e. The SMILES string of the molecule is FC(F)Oc1ccc(NCc2csc3ccccc23)cc1. The number of thiophene rings is 1. The van der Waals surface area contributed by atoms with Crippen LogP contribution >= 0.6 is 11.3 Å². The van der Waals surface area contributed by atoms with Crippen molar-refractivity contribution in [1.29, 1.82) is 0 Å².